The molecule has 4 rings (SSSR count). The first-order chi connectivity index (χ1) is 19.4. The molecule has 0 saturated heterocycles. The van der Waals surface area contributed by atoms with Crippen molar-refractivity contribution in [2.24, 2.45) is 0 Å². The summed E-state index contributed by atoms with van der Waals surface area (Å²) < 4.78 is 55.5. The van der Waals surface area contributed by atoms with Crippen LogP contribution in [0.15, 0.2) is 91.5 Å². The third kappa shape index (κ3) is 7.13. The maximum absolute atomic E-state index is 14.9. The van der Waals surface area contributed by atoms with Crippen molar-refractivity contribution in [2.45, 2.75) is 45.3 Å². The molecule has 0 aromatic heterocycles. The van der Waals surface area contributed by atoms with Crippen molar-refractivity contribution in [3.05, 3.63) is 120 Å². The van der Waals surface area contributed by atoms with Crippen LogP contribution < -0.4 is 9.47 Å². The van der Waals surface area contributed by atoms with Crippen LogP contribution in [-0.2, 0) is 6.61 Å². The fourth-order valence-electron chi connectivity index (χ4n) is 4.36. The average Bonchev–Trinajstić information content (AvgIpc) is 2.97. The average molecular weight is 547 g/mol. The van der Waals surface area contributed by atoms with Crippen LogP contribution in [0.4, 0.5) is 13.2 Å². The van der Waals surface area contributed by atoms with Gasteiger partial charge in [-0.3, -0.25) is 0 Å². The quantitative estimate of drug-likeness (QED) is 0.134. The number of aliphatic hydroxyl groups excluding tert-OH is 1. The predicted molar refractivity (Wildman–Crippen MR) is 153 cm³/mol. The van der Waals surface area contributed by atoms with Crippen LogP contribution in [0.5, 0.6) is 11.5 Å². The van der Waals surface area contributed by atoms with Gasteiger partial charge < -0.3 is 14.6 Å². The molecule has 4 aromatic rings. The van der Waals surface area contributed by atoms with Gasteiger partial charge in [0.05, 0.1) is 12.7 Å². The molecule has 0 aliphatic rings. The van der Waals surface area contributed by atoms with Gasteiger partial charge in [0.1, 0.15) is 12.4 Å². The van der Waals surface area contributed by atoms with E-state index in [-0.39, 0.29) is 23.5 Å². The molecule has 0 bridgehead atoms. The van der Waals surface area contributed by atoms with Crippen LogP contribution >= 0.6 is 0 Å². The lowest BCUT2D eigenvalue weighted by atomic mass is 9.98. The topological polar surface area (TPSA) is 38.7 Å². The van der Waals surface area contributed by atoms with Crippen LogP contribution in [0.25, 0.3) is 22.3 Å². The van der Waals surface area contributed by atoms with Gasteiger partial charge in [-0.15, -0.1) is 6.58 Å². The molecule has 0 spiro atoms. The molecule has 0 fully saturated rings. The number of halogens is 3. The Balaban J connectivity index is 1.38. The van der Waals surface area contributed by atoms with Crippen LogP contribution in [0, 0.1) is 17.5 Å². The van der Waals surface area contributed by atoms with Gasteiger partial charge >= 0.3 is 0 Å². The number of aliphatic hydroxyl groups is 1. The van der Waals surface area contributed by atoms with Crippen LogP contribution in [-0.4, -0.2) is 11.7 Å². The highest BCUT2D eigenvalue weighted by Gasteiger charge is 2.16. The predicted octanol–water partition coefficient (Wildman–Crippen LogP) is 9.20. The minimum atomic E-state index is -0.966. The Kier molecular flexibility index (Phi) is 10.0. The molecule has 0 heterocycles. The fraction of sp³-hybridized carbons (Fsp3) is 0.235. The molecule has 1 N–H and O–H groups in total. The highest BCUT2D eigenvalue weighted by atomic mass is 19.2. The number of benzene rings is 4. The van der Waals surface area contributed by atoms with Gasteiger partial charge in [-0.2, -0.15) is 0 Å². The van der Waals surface area contributed by atoms with E-state index in [1.165, 1.54) is 18.2 Å². The number of ether oxygens (including phenoxy) is 2. The maximum Gasteiger partial charge on any atom is 0.167 e. The molecule has 40 heavy (non-hydrogen) atoms. The van der Waals surface area contributed by atoms with Gasteiger partial charge in [-0.1, -0.05) is 74.0 Å². The molecule has 3 nitrogen and oxygen atoms in total. The number of unbranched alkanes of at least 4 members (excludes halogenated alkanes) is 1. The zero-order valence-electron chi connectivity index (χ0n) is 22.5. The molecule has 0 amide bonds. The second-order valence-electron chi connectivity index (χ2n) is 9.56. The molecule has 0 saturated carbocycles. The molecule has 0 aliphatic heterocycles. The first kappa shape index (κ1) is 29.0. The first-order valence-corrected chi connectivity index (χ1v) is 13.4. The minimum Gasteiger partial charge on any atom is -0.491 e. The lowest BCUT2D eigenvalue weighted by Gasteiger charge is -2.13. The SMILES string of the molecule is C=CCCCOc1ccc(-c2ccc(OCc3ccc(-c4ccc(C(O)CCC)cc4)c(F)c3F)cc2)cc1F. The standard InChI is InChI=1S/C34H33F3O3/c1-3-5-6-20-39-32-19-15-26(21-30(32)35)23-12-16-28(17-13-23)40-22-27-14-18-29(34(37)33(27)36)24-8-10-25(11-9-24)31(38)7-4-2/h3,8-19,21,31,38H,1,4-7,20,22H2,2H3. The van der Waals surface area contributed by atoms with E-state index in [2.05, 4.69) is 6.58 Å². The van der Waals surface area contributed by atoms with E-state index < -0.39 is 23.6 Å². The smallest absolute Gasteiger partial charge is 0.167 e. The summed E-state index contributed by atoms with van der Waals surface area (Å²) in [5, 5.41) is 10.1. The fourth-order valence-corrected chi connectivity index (χ4v) is 4.36. The molecular formula is C34H33F3O3. The lowest BCUT2D eigenvalue weighted by molar-refractivity contribution is 0.166. The molecule has 1 atom stereocenters. The largest absolute Gasteiger partial charge is 0.491 e. The Bertz CT molecular complexity index is 1420. The number of rotatable bonds is 13. The van der Waals surface area contributed by atoms with Crippen molar-refractivity contribution in [1.29, 1.82) is 0 Å². The van der Waals surface area contributed by atoms with Gasteiger partial charge in [-0.25, -0.2) is 13.2 Å². The Morgan fingerprint density at radius 3 is 2.20 bits per heavy atom. The third-order valence-corrected chi connectivity index (χ3v) is 6.65. The van der Waals surface area contributed by atoms with E-state index >= 15 is 0 Å². The van der Waals surface area contributed by atoms with E-state index in [0.29, 0.717) is 29.9 Å². The van der Waals surface area contributed by atoms with Gasteiger partial charge in [0.25, 0.3) is 0 Å². The lowest BCUT2D eigenvalue weighted by Crippen LogP contribution is -2.02. The number of allylic oxidation sites excluding steroid dienone is 1. The molecule has 1 unspecified atom stereocenters. The summed E-state index contributed by atoms with van der Waals surface area (Å²) in [6, 6.07) is 21.6. The van der Waals surface area contributed by atoms with Crippen LogP contribution in [0.3, 0.4) is 0 Å². The van der Waals surface area contributed by atoms with E-state index in [9.17, 15) is 18.3 Å². The van der Waals surface area contributed by atoms with E-state index in [1.54, 1.807) is 66.7 Å². The Morgan fingerprint density at radius 1 is 0.825 bits per heavy atom. The number of hydrogen-bond acceptors (Lipinski definition) is 3. The normalized spacial score (nSPS) is 11.7. The van der Waals surface area contributed by atoms with Crippen LogP contribution in [0.1, 0.15) is 49.8 Å². The summed E-state index contributed by atoms with van der Waals surface area (Å²) >= 11 is 0. The summed E-state index contributed by atoms with van der Waals surface area (Å²) in [5.74, 6) is -1.69. The molecule has 6 heteroatoms. The molecule has 4 aromatic carbocycles. The summed E-state index contributed by atoms with van der Waals surface area (Å²) in [5.41, 5.74) is 2.95. The molecule has 0 radical (unpaired) electrons. The Labute approximate surface area is 233 Å². The highest BCUT2D eigenvalue weighted by molar-refractivity contribution is 5.66. The minimum absolute atomic E-state index is 0.0889. The zero-order chi connectivity index (χ0) is 28.5. The van der Waals surface area contributed by atoms with E-state index in [1.807, 2.05) is 6.92 Å². The second kappa shape index (κ2) is 13.9. The third-order valence-electron chi connectivity index (χ3n) is 6.65. The second-order valence-corrected chi connectivity index (χ2v) is 9.56. The zero-order valence-corrected chi connectivity index (χ0v) is 22.5. The van der Waals surface area contributed by atoms with Crippen molar-refractivity contribution in [3.8, 4) is 33.8 Å². The highest BCUT2D eigenvalue weighted by Crippen LogP contribution is 2.30. The van der Waals surface area contributed by atoms with Gasteiger partial charge in [0.15, 0.2) is 23.2 Å². The van der Waals surface area contributed by atoms with Crippen molar-refractivity contribution >= 4 is 0 Å². The first-order valence-electron chi connectivity index (χ1n) is 13.4. The molecular weight excluding hydrogens is 513 g/mol. The van der Waals surface area contributed by atoms with Crippen molar-refractivity contribution in [2.75, 3.05) is 6.61 Å². The van der Waals surface area contributed by atoms with Gasteiger partial charge in [0, 0.05) is 11.1 Å². The monoisotopic (exact) mass is 546 g/mol. The van der Waals surface area contributed by atoms with Crippen molar-refractivity contribution < 1.29 is 27.8 Å². The maximum atomic E-state index is 14.9. The van der Waals surface area contributed by atoms with Crippen molar-refractivity contribution in [3.63, 3.8) is 0 Å². The summed E-state index contributed by atoms with van der Waals surface area (Å²) in [7, 11) is 0. The Hall–Kier alpha value is -4.03. The summed E-state index contributed by atoms with van der Waals surface area (Å²) in [6.45, 7) is 5.90. The van der Waals surface area contributed by atoms with E-state index in [4.69, 9.17) is 9.47 Å². The number of hydrogen-bond donors (Lipinski definition) is 1. The summed E-state index contributed by atoms with van der Waals surface area (Å²) in [6.07, 6.45) is 4.28. The van der Waals surface area contributed by atoms with Crippen molar-refractivity contribution in [1.82, 2.24) is 0 Å². The van der Waals surface area contributed by atoms with E-state index in [0.717, 1.165) is 30.4 Å². The molecule has 208 valence electrons. The van der Waals surface area contributed by atoms with Crippen LogP contribution in [0.2, 0.25) is 0 Å². The van der Waals surface area contributed by atoms with Gasteiger partial charge in [0.2, 0.25) is 0 Å². The molecule has 0 aliphatic carbocycles. The van der Waals surface area contributed by atoms with Gasteiger partial charge in [-0.05, 0) is 65.8 Å². The summed E-state index contributed by atoms with van der Waals surface area (Å²) in [4.78, 5) is 0. The Morgan fingerprint density at radius 2 is 1.52 bits per heavy atom.